The highest BCUT2D eigenvalue weighted by Gasteiger charge is 2.32. The largest absolute Gasteiger partial charge is 0.401 e. The van der Waals surface area contributed by atoms with Crippen molar-refractivity contribution >= 4 is 0 Å². The Bertz CT molecular complexity index is 219. The summed E-state index contributed by atoms with van der Waals surface area (Å²) in [5.41, 5.74) is 0. The summed E-state index contributed by atoms with van der Waals surface area (Å²) in [4.78, 5) is 1.51. The van der Waals surface area contributed by atoms with Gasteiger partial charge in [0.2, 0.25) is 0 Å². The molecule has 0 saturated carbocycles. The Balaban J connectivity index is 2.19. The monoisotopic (exact) mass is 266 g/mol. The summed E-state index contributed by atoms with van der Waals surface area (Å²) < 4.78 is 36.7. The zero-order chi connectivity index (χ0) is 13.6. The second-order valence-electron chi connectivity index (χ2n) is 5.26. The number of nitrogens with one attached hydrogen (secondary N) is 1. The zero-order valence-corrected chi connectivity index (χ0v) is 11.4. The highest BCUT2D eigenvalue weighted by atomic mass is 19.4. The molecule has 1 saturated heterocycles. The van der Waals surface area contributed by atoms with Crippen molar-refractivity contribution in [2.75, 3.05) is 26.2 Å². The summed E-state index contributed by atoms with van der Waals surface area (Å²) in [6, 6.07) is 0.398. The van der Waals surface area contributed by atoms with Gasteiger partial charge in [0, 0.05) is 6.04 Å². The molecule has 108 valence electrons. The minimum Gasteiger partial charge on any atom is -0.314 e. The number of likely N-dealkylation sites (tertiary alicyclic amines) is 1. The van der Waals surface area contributed by atoms with Crippen LogP contribution in [0.4, 0.5) is 13.2 Å². The average Bonchev–Trinajstić information content (AvgIpc) is 2.30. The van der Waals surface area contributed by atoms with Crippen LogP contribution < -0.4 is 5.32 Å². The van der Waals surface area contributed by atoms with E-state index < -0.39 is 12.7 Å². The lowest BCUT2D eigenvalue weighted by atomic mass is 10.0. The fourth-order valence-corrected chi connectivity index (χ4v) is 2.46. The Hall–Kier alpha value is -0.290. The van der Waals surface area contributed by atoms with E-state index in [9.17, 15) is 13.2 Å². The molecular weight excluding hydrogens is 241 g/mol. The number of halogens is 3. The number of alkyl halides is 3. The van der Waals surface area contributed by atoms with E-state index in [4.69, 9.17) is 0 Å². The highest BCUT2D eigenvalue weighted by molar-refractivity contribution is 4.79. The van der Waals surface area contributed by atoms with Crippen LogP contribution in [0.25, 0.3) is 0 Å². The Morgan fingerprint density at radius 1 is 1.17 bits per heavy atom. The Labute approximate surface area is 108 Å². The molecule has 0 radical (unpaired) electrons. The number of piperidine rings is 1. The molecule has 0 aliphatic carbocycles. The van der Waals surface area contributed by atoms with Crippen LogP contribution in [0.3, 0.4) is 0 Å². The van der Waals surface area contributed by atoms with Crippen molar-refractivity contribution in [1.29, 1.82) is 0 Å². The van der Waals surface area contributed by atoms with Crippen LogP contribution in [-0.4, -0.2) is 43.3 Å². The van der Waals surface area contributed by atoms with Crippen molar-refractivity contribution in [3.63, 3.8) is 0 Å². The van der Waals surface area contributed by atoms with Gasteiger partial charge >= 0.3 is 6.18 Å². The molecule has 0 spiro atoms. The average molecular weight is 266 g/mol. The number of hydrogen-bond donors (Lipinski definition) is 1. The van der Waals surface area contributed by atoms with Crippen LogP contribution in [0.5, 0.6) is 0 Å². The minimum absolute atomic E-state index is 0.398. The fraction of sp³-hybridized carbons (Fsp3) is 1.00. The van der Waals surface area contributed by atoms with Gasteiger partial charge in [-0.05, 0) is 38.4 Å². The summed E-state index contributed by atoms with van der Waals surface area (Å²) in [5, 5.41) is 3.50. The lowest BCUT2D eigenvalue weighted by Gasteiger charge is -2.33. The number of nitrogens with zero attached hydrogens (tertiary/aromatic N) is 1. The molecule has 0 atom stereocenters. The lowest BCUT2D eigenvalue weighted by Crippen LogP contribution is -2.46. The quantitative estimate of drug-likeness (QED) is 0.795. The Kier molecular flexibility index (Phi) is 6.43. The summed E-state index contributed by atoms with van der Waals surface area (Å²) >= 11 is 0. The molecule has 1 N–H and O–H groups in total. The first-order valence-corrected chi connectivity index (χ1v) is 6.97. The summed E-state index contributed by atoms with van der Waals surface area (Å²) in [6.45, 7) is 5.72. The van der Waals surface area contributed by atoms with Crippen LogP contribution in [0.15, 0.2) is 0 Å². The number of rotatable bonds is 6. The van der Waals surface area contributed by atoms with Crippen LogP contribution in [-0.2, 0) is 0 Å². The van der Waals surface area contributed by atoms with E-state index in [-0.39, 0.29) is 0 Å². The van der Waals surface area contributed by atoms with Crippen LogP contribution >= 0.6 is 0 Å². The minimum atomic E-state index is -4.06. The molecule has 0 bridgehead atoms. The zero-order valence-electron chi connectivity index (χ0n) is 11.4. The molecule has 0 aromatic rings. The van der Waals surface area contributed by atoms with Gasteiger partial charge in [-0.3, -0.25) is 4.90 Å². The second-order valence-corrected chi connectivity index (χ2v) is 5.26. The van der Waals surface area contributed by atoms with Crippen molar-refractivity contribution in [1.82, 2.24) is 10.2 Å². The van der Waals surface area contributed by atoms with Crippen molar-refractivity contribution < 1.29 is 13.2 Å². The van der Waals surface area contributed by atoms with E-state index in [1.807, 2.05) is 0 Å². The van der Waals surface area contributed by atoms with E-state index in [0.717, 1.165) is 32.2 Å². The van der Waals surface area contributed by atoms with E-state index >= 15 is 0 Å². The van der Waals surface area contributed by atoms with E-state index in [1.54, 1.807) is 0 Å². The molecule has 1 fully saturated rings. The summed E-state index contributed by atoms with van der Waals surface area (Å²) in [5.74, 6) is 0.693. The van der Waals surface area contributed by atoms with Gasteiger partial charge in [0.25, 0.3) is 0 Å². The third kappa shape index (κ3) is 6.05. The maximum Gasteiger partial charge on any atom is 0.401 e. The predicted octanol–water partition coefficient (Wildman–Crippen LogP) is 3.04. The first-order valence-electron chi connectivity index (χ1n) is 6.97. The smallest absolute Gasteiger partial charge is 0.314 e. The maximum absolute atomic E-state index is 12.2. The van der Waals surface area contributed by atoms with Crippen molar-refractivity contribution in [3.05, 3.63) is 0 Å². The van der Waals surface area contributed by atoms with Gasteiger partial charge in [0.15, 0.2) is 0 Å². The molecule has 0 aromatic heterocycles. The predicted molar refractivity (Wildman–Crippen MR) is 67.6 cm³/mol. The van der Waals surface area contributed by atoms with Crippen LogP contribution in [0.2, 0.25) is 0 Å². The molecule has 1 aliphatic heterocycles. The topological polar surface area (TPSA) is 15.3 Å². The fourth-order valence-electron chi connectivity index (χ4n) is 2.46. The first kappa shape index (κ1) is 15.8. The second kappa shape index (κ2) is 7.34. The summed E-state index contributed by atoms with van der Waals surface area (Å²) in [7, 11) is 0. The molecule has 0 unspecified atom stereocenters. The normalized spacial score (nSPS) is 19.7. The Morgan fingerprint density at radius 3 is 2.17 bits per heavy atom. The molecule has 18 heavy (non-hydrogen) atoms. The molecule has 1 rings (SSSR count). The molecule has 1 heterocycles. The molecule has 5 heteroatoms. The van der Waals surface area contributed by atoms with Gasteiger partial charge < -0.3 is 5.32 Å². The lowest BCUT2D eigenvalue weighted by molar-refractivity contribution is -0.148. The van der Waals surface area contributed by atoms with Gasteiger partial charge in [-0.15, -0.1) is 0 Å². The van der Waals surface area contributed by atoms with Crippen LogP contribution in [0.1, 0.15) is 39.5 Å². The van der Waals surface area contributed by atoms with E-state index in [2.05, 4.69) is 19.2 Å². The van der Waals surface area contributed by atoms with Gasteiger partial charge in [-0.2, -0.15) is 13.2 Å². The third-order valence-electron chi connectivity index (χ3n) is 3.84. The van der Waals surface area contributed by atoms with Crippen molar-refractivity contribution in [3.8, 4) is 0 Å². The number of hydrogen-bond acceptors (Lipinski definition) is 2. The van der Waals surface area contributed by atoms with Gasteiger partial charge in [0.1, 0.15) is 0 Å². The first-order chi connectivity index (χ1) is 8.44. The SMILES string of the molecule is CCC(CC)CNC1CCN(CC(F)(F)F)CC1. The van der Waals surface area contributed by atoms with Crippen molar-refractivity contribution in [2.45, 2.75) is 51.7 Å². The van der Waals surface area contributed by atoms with Gasteiger partial charge in [0.05, 0.1) is 6.54 Å². The molecule has 1 aliphatic rings. The molecule has 0 amide bonds. The van der Waals surface area contributed by atoms with Crippen LogP contribution in [0, 0.1) is 5.92 Å². The Morgan fingerprint density at radius 2 is 1.72 bits per heavy atom. The van der Waals surface area contributed by atoms with Gasteiger partial charge in [-0.1, -0.05) is 26.7 Å². The summed E-state index contributed by atoms with van der Waals surface area (Å²) in [6.07, 6.45) is -0.0743. The third-order valence-corrected chi connectivity index (χ3v) is 3.84. The van der Waals surface area contributed by atoms with Gasteiger partial charge in [-0.25, -0.2) is 0 Å². The molecular formula is C13H25F3N2. The van der Waals surface area contributed by atoms with E-state index in [0.29, 0.717) is 25.0 Å². The van der Waals surface area contributed by atoms with Crippen molar-refractivity contribution in [2.24, 2.45) is 5.92 Å². The standard InChI is InChI=1S/C13H25F3N2/c1-3-11(4-2)9-17-12-5-7-18(8-6-12)10-13(14,15)16/h11-12,17H,3-10H2,1-2H3. The molecule has 0 aromatic carbocycles. The molecule has 2 nitrogen and oxygen atoms in total. The maximum atomic E-state index is 12.2. The highest BCUT2D eigenvalue weighted by Crippen LogP contribution is 2.20. The van der Waals surface area contributed by atoms with E-state index in [1.165, 1.54) is 4.90 Å².